The molecule has 52 valence electrons. The number of hydrogen-bond acceptors (Lipinski definition) is 1. The lowest BCUT2D eigenvalue weighted by molar-refractivity contribution is 0.707. The van der Waals surface area contributed by atoms with E-state index in [1.54, 1.807) is 0 Å². The maximum absolute atomic E-state index is 3.87. The summed E-state index contributed by atoms with van der Waals surface area (Å²) in [6.07, 6.45) is 4.01. The van der Waals surface area contributed by atoms with Crippen LogP contribution in [-0.2, 0) is 0 Å². The molecule has 1 heteroatoms. The quantitative estimate of drug-likeness (QED) is 0.566. The minimum Gasteiger partial charge on any atom is -0.313 e. The standard InChI is InChI=1S/C8H15N/c1-5-6-7(2)8(3)9-4/h5-6,8-9H,2H2,1,3-4H3/b6-5-. The van der Waals surface area contributed by atoms with E-state index < -0.39 is 0 Å². The second-order valence-corrected chi connectivity index (χ2v) is 2.09. The van der Waals surface area contributed by atoms with Gasteiger partial charge in [-0.2, -0.15) is 0 Å². The highest BCUT2D eigenvalue weighted by atomic mass is 14.8. The highest BCUT2D eigenvalue weighted by Crippen LogP contribution is 1.98. The van der Waals surface area contributed by atoms with Gasteiger partial charge in [0.25, 0.3) is 0 Å². The van der Waals surface area contributed by atoms with Gasteiger partial charge in [-0.25, -0.2) is 0 Å². The topological polar surface area (TPSA) is 12.0 Å². The second kappa shape index (κ2) is 4.33. The summed E-state index contributed by atoms with van der Waals surface area (Å²) in [5.74, 6) is 0. The molecule has 0 aliphatic rings. The molecule has 1 atom stereocenters. The van der Waals surface area contributed by atoms with E-state index in [1.807, 2.05) is 26.1 Å². The van der Waals surface area contributed by atoms with Crippen LogP contribution in [0.1, 0.15) is 13.8 Å². The minimum atomic E-state index is 0.390. The Labute approximate surface area is 57.5 Å². The zero-order chi connectivity index (χ0) is 7.28. The van der Waals surface area contributed by atoms with Gasteiger partial charge in [-0.15, -0.1) is 0 Å². The van der Waals surface area contributed by atoms with Crippen LogP contribution in [0.2, 0.25) is 0 Å². The molecule has 9 heavy (non-hydrogen) atoms. The van der Waals surface area contributed by atoms with Gasteiger partial charge < -0.3 is 5.32 Å². The average molecular weight is 125 g/mol. The Balaban J connectivity index is 3.73. The highest BCUT2D eigenvalue weighted by molar-refractivity contribution is 5.19. The smallest absolute Gasteiger partial charge is 0.0283 e. The first-order chi connectivity index (χ1) is 4.22. The number of likely N-dealkylation sites (N-methyl/N-ethyl adjacent to an activating group) is 1. The van der Waals surface area contributed by atoms with Crippen molar-refractivity contribution in [2.45, 2.75) is 19.9 Å². The predicted molar refractivity (Wildman–Crippen MR) is 42.5 cm³/mol. The molecule has 0 amide bonds. The van der Waals surface area contributed by atoms with E-state index in [2.05, 4.69) is 18.8 Å². The monoisotopic (exact) mass is 125 g/mol. The van der Waals surface area contributed by atoms with E-state index in [4.69, 9.17) is 0 Å². The van der Waals surface area contributed by atoms with Crippen molar-refractivity contribution < 1.29 is 0 Å². The van der Waals surface area contributed by atoms with E-state index in [-0.39, 0.29) is 0 Å². The minimum absolute atomic E-state index is 0.390. The van der Waals surface area contributed by atoms with Gasteiger partial charge >= 0.3 is 0 Å². The molecule has 0 aromatic heterocycles. The third kappa shape index (κ3) is 3.09. The van der Waals surface area contributed by atoms with Gasteiger partial charge in [0.2, 0.25) is 0 Å². The molecule has 0 radical (unpaired) electrons. The first-order valence-electron chi connectivity index (χ1n) is 3.21. The zero-order valence-electron chi connectivity index (χ0n) is 6.44. The van der Waals surface area contributed by atoms with Crippen molar-refractivity contribution in [3.05, 3.63) is 24.3 Å². The van der Waals surface area contributed by atoms with E-state index in [0.717, 1.165) is 5.57 Å². The lowest BCUT2D eigenvalue weighted by Crippen LogP contribution is -2.21. The molecular formula is C8H15N. The molecule has 0 aliphatic heterocycles. The Morgan fingerprint density at radius 2 is 2.22 bits per heavy atom. The van der Waals surface area contributed by atoms with Gasteiger partial charge in [0.15, 0.2) is 0 Å². The van der Waals surface area contributed by atoms with Crippen molar-refractivity contribution in [2.24, 2.45) is 0 Å². The fraction of sp³-hybridized carbons (Fsp3) is 0.500. The average Bonchev–Trinajstić information content (AvgIpc) is 1.87. The van der Waals surface area contributed by atoms with Crippen LogP contribution in [0.4, 0.5) is 0 Å². The molecule has 0 spiro atoms. The van der Waals surface area contributed by atoms with Crippen molar-refractivity contribution in [2.75, 3.05) is 7.05 Å². The van der Waals surface area contributed by atoms with Gasteiger partial charge in [-0.3, -0.25) is 0 Å². The molecule has 0 fully saturated rings. The first kappa shape index (κ1) is 8.44. The number of hydrogen-bond donors (Lipinski definition) is 1. The lowest BCUT2D eigenvalue weighted by Gasteiger charge is -2.08. The van der Waals surface area contributed by atoms with Gasteiger partial charge in [0.1, 0.15) is 0 Å². The van der Waals surface area contributed by atoms with E-state index in [9.17, 15) is 0 Å². The summed E-state index contributed by atoms with van der Waals surface area (Å²) in [6, 6.07) is 0.390. The van der Waals surface area contributed by atoms with Gasteiger partial charge in [-0.05, 0) is 26.5 Å². The van der Waals surface area contributed by atoms with Crippen molar-refractivity contribution in [3.8, 4) is 0 Å². The lowest BCUT2D eigenvalue weighted by atomic mass is 10.1. The predicted octanol–water partition coefficient (Wildman–Crippen LogP) is 1.73. The summed E-state index contributed by atoms with van der Waals surface area (Å²) in [6.45, 7) is 7.95. The van der Waals surface area contributed by atoms with Crippen LogP contribution in [0.25, 0.3) is 0 Å². The molecule has 0 saturated carbocycles. The molecule has 0 bridgehead atoms. The SMILES string of the molecule is C=C(/C=C\C)C(C)NC. The van der Waals surface area contributed by atoms with Gasteiger partial charge in [0, 0.05) is 6.04 Å². The van der Waals surface area contributed by atoms with Crippen LogP contribution in [-0.4, -0.2) is 13.1 Å². The Kier molecular flexibility index (Phi) is 4.06. The number of rotatable bonds is 3. The number of allylic oxidation sites excluding steroid dienone is 1. The summed E-state index contributed by atoms with van der Waals surface area (Å²) in [5.41, 5.74) is 1.12. The molecule has 0 heterocycles. The maximum atomic E-state index is 3.87. The van der Waals surface area contributed by atoms with Crippen LogP contribution in [0.3, 0.4) is 0 Å². The normalized spacial score (nSPS) is 14.1. The first-order valence-corrected chi connectivity index (χ1v) is 3.21. The summed E-state index contributed by atoms with van der Waals surface area (Å²) in [7, 11) is 1.93. The Bertz CT molecular complexity index is 114. The van der Waals surface area contributed by atoms with Crippen LogP contribution in [0.5, 0.6) is 0 Å². The molecule has 1 nitrogen and oxygen atoms in total. The summed E-state index contributed by atoms with van der Waals surface area (Å²) in [4.78, 5) is 0. The summed E-state index contributed by atoms with van der Waals surface area (Å²) < 4.78 is 0. The fourth-order valence-electron chi connectivity index (χ4n) is 0.544. The van der Waals surface area contributed by atoms with E-state index in [1.165, 1.54) is 0 Å². The molecular weight excluding hydrogens is 110 g/mol. The van der Waals surface area contributed by atoms with E-state index in [0.29, 0.717) is 6.04 Å². The molecule has 0 rings (SSSR count). The molecule has 0 aromatic rings. The third-order valence-electron chi connectivity index (χ3n) is 1.37. The second-order valence-electron chi connectivity index (χ2n) is 2.09. The fourth-order valence-corrected chi connectivity index (χ4v) is 0.544. The Hall–Kier alpha value is -0.560. The maximum Gasteiger partial charge on any atom is 0.0283 e. The molecule has 0 aromatic carbocycles. The Morgan fingerprint density at radius 3 is 2.56 bits per heavy atom. The molecule has 0 aliphatic carbocycles. The van der Waals surface area contributed by atoms with E-state index >= 15 is 0 Å². The molecule has 1 unspecified atom stereocenters. The van der Waals surface area contributed by atoms with Gasteiger partial charge in [0.05, 0.1) is 0 Å². The van der Waals surface area contributed by atoms with Crippen molar-refractivity contribution >= 4 is 0 Å². The molecule has 0 saturated heterocycles. The van der Waals surface area contributed by atoms with Crippen LogP contribution in [0.15, 0.2) is 24.3 Å². The highest BCUT2D eigenvalue weighted by Gasteiger charge is 1.96. The van der Waals surface area contributed by atoms with Crippen molar-refractivity contribution in [1.29, 1.82) is 0 Å². The van der Waals surface area contributed by atoms with Crippen LogP contribution >= 0.6 is 0 Å². The van der Waals surface area contributed by atoms with Crippen molar-refractivity contribution in [3.63, 3.8) is 0 Å². The van der Waals surface area contributed by atoms with Crippen molar-refractivity contribution in [1.82, 2.24) is 5.32 Å². The van der Waals surface area contributed by atoms with Crippen LogP contribution < -0.4 is 5.32 Å². The zero-order valence-corrected chi connectivity index (χ0v) is 6.44. The third-order valence-corrected chi connectivity index (χ3v) is 1.37. The molecule has 1 N–H and O–H groups in total. The largest absolute Gasteiger partial charge is 0.313 e. The number of nitrogens with one attached hydrogen (secondary N) is 1. The summed E-state index contributed by atoms with van der Waals surface area (Å²) in [5, 5.41) is 3.10. The van der Waals surface area contributed by atoms with Crippen LogP contribution in [0, 0.1) is 0 Å². The summed E-state index contributed by atoms with van der Waals surface area (Å²) >= 11 is 0. The Morgan fingerprint density at radius 1 is 1.67 bits per heavy atom. The van der Waals surface area contributed by atoms with Gasteiger partial charge in [-0.1, -0.05) is 18.7 Å².